The molecule has 3 aromatic heterocycles. The number of pyridine rings is 1. The van der Waals surface area contributed by atoms with Gasteiger partial charge >= 0.3 is 0 Å². The third kappa shape index (κ3) is 7.04. The summed E-state index contributed by atoms with van der Waals surface area (Å²) in [4.78, 5) is 17.0. The van der Waals surface area contributed by atoms with Gasteiger partial charge in [0.05, 0.1) is 6.26 Å². The quantitative estimate of drug-likeness (QED) is 0.0942. The zero-order chi connectivity index (χ0) is 34.1. The molecule has 0 unspecified atom stereocenters. The second-order valence-electron chi connectivity index (χ2n) is 14.2. The largest absolute Gasteiger partial charge is 0.512 e. The number of nitrogens with zero attached hydrogens (tertiary/aromatic N) is 1. The molecule has 0 bridgehead atoms. The summed E-state index contributed by atoms with van der Waals surface area (Å²) in [6, 6.07) is 22.9. The Balaban J connectivity index is 0.000000251. The Kier molecular flexibility index (Phi) is 11.5. The zero-order valence-corrected chi connectivity index (χ0v) is 32.9. The molecule has 0 amide bonds. The first-order chi connectivity index (χ1) is 22.3. The minimum absolute atomic E-state index is 0. The first-order valence-electron chi connectivity index (χ1n) is 16.9. The van der Waals surface area contributed by atoms with Crippen molar-refractivity contribution in [2.75, 3.05) is 0 Å². The predicted molar refractivity (Wildman–Crippen MR) is 200 cm³/mol. The summed E-state index contributed by atoms with van der Waals surface area (Å²) in [7, 11) is 0. The number of carbonyl (C=O) groups excluding carboxylic acids is 1. The van der Waals surface area contributed by atoms with Crippen molar-refractivity contribution in [3.8, 4) is 11.3 Å². The van der Waals surface area contributed by atoms with Crippen molar-refractivity contribution in [2.45, 2.75) is 93.4 Å². The minimum Gasteiger partial charge on any atom is -0.512 e. The number of allylic oxidation sites excluding steroid dienone is 2. The molecule has 6 heteroatoms. The van der Waals surface area contributed by atoms with Gasteiger partial charge in [-0.1, -0.05) is 91.5 Å². The maximum Gasteiger partial charge on any atom is 0.164 e. The predicted octanol–water partition coefficient (Wildman–Crippen LogP) is 12.8. The van der Waals surface area contributed by atoms with Crippen LogP contribution in [0.1, 0.15) is 93.6 Å². The molecule has 6 rings (SSSR count). The summed E-state index contributed by atoms with van der Waals surface area (Å²) in [5.74, 6) is 0.286. The fourth-order valence-corrected chi connectivity index (χ4v) is 7.38. The van der Waals surface area contributed by atoms with Gasteiger partial charge in [-0.25, -0.2) is 0 Å². The van der Waals surface area contributed by atoms with Gasteiger partial charge in [0.25, 0.3) is 0 Å². The third-order valence-corrected chi connectivity index (χ3v) is 11.7. The normalized spacial score (nSPS) is 12.7. The van der Waals surface area contributed by atoms with Gasteiger partial charge in [0, 0.05) is 69.1 Å². The van der Waals surface area contributed by atoms with Gasteiger partial charge in [-0.3, -0.25) is 9.78 Å². The number of ketones is 1. The Morgan fingerprint density at radius 3 is 2.12 bits per heavy atom. The number of fused-ring (bicyclic) bond motifs is 6. The number of furan rings is 1. The van der Waals surface area contributed by atoms with Gasteiger partial charge < -0.3 is 9.52 Å². The number of aliphatic hydroxyl groups is 1. The molecule has 0 saturated heterocycles. The summed E-state index contributed by atoms with van der Waals surface area (Å²) in [5.41, 5.74) is 3.73. The van der Waals surface area contributed by atoms with E-state index in [1.807, 2.05) is 47.7 Å². The van der Waals surface area contributed by atoms with E-state index in [1.165, 1.54) is 37.2 Å². The van der Waals surface area contributed by atoms with Crippen LogP contribution in [0.5, 0.6) is 0 Å². The second-order valence-corrected chi connectivity index (χ2v) is 15.3. The zero-order valence-electron chi connectivity index (χ0n) is 29.7. The van der Waals surface area contributed by atoms with Crippen LogP contribution >= 0.6 is 11.3 Å². The van der Waals surface area contributed by atoms with Crippen LogP contribution in [0.4, 0.5) is 0 Å². The van der Waals surface area contributed by atoms with Crippen LogP contribution in [0.3, 0.4) is 0 Å². The van der Waals surface area contributed by atoms with E-state index in [4.69, 9.17) is 9.40 Å². The molecule has 0 aliphatic heterocycles. The van der Waals surface area contributed by atoms with E-state index in [0.29, 0.717) is 0 Å². The van der Waals surface area contributed by atoms with Crippen molar-refractivity contribution < 1.29 is 34.4 Å². The smallest absolute Gasteiger partial charge is 0.164 e. The Morgan fingerprint density at radius 2 is 1.48 bits per heavy atom. The van der Waals surface area contributed by atoms with Crippen LogP contribution in [0.2, 0.25) is 0 Å². The van der Waals surface area contributed by atoms with E-state index in [0.717, 1.165) is 53.3 Å². The average molecular weight is 839 g/mol. The Morgan fingerprint density at radius 1 is 0.833 bits per heavy atom. The summed E-state index contributed by atoms with van der Waals surface area (Å²) in [6.45, 7) is 18.9. The molecule has 1 radical (unpaired) electrons. The van der Waals surface area contributed by atoms with Crippen LogP contribution in [0, 0.1) is 16.9 Å². The Hall–Kier alpha value is -3.31. The van der Waals surface area contributed by atoms with E-state index in [2.05, 4.69) is 81.4 Å². The second kappa shape index (κ2) is 14.7. The number of aromatic nitrogens is 1. The molecule has 4 nitrogen and oxygen atoms in total. The van der Waals surface area contributed by atoms with Crippen molar-refractivity contribution in [1.29, 1.82) is 0 Å². The summed E-state index contributed by atoms with van der Waals surface area (Å²) < 4.78 is 8.08. The van der Waals surface area contributed by atoms with E-state index < -0.39 is 0 Å². The molecule has 0 aliphatic rings. The molecule has 1 N–H and O–H groups in total. The van der Waals surface area contributed by atoms with Crippen LogP contribution in [0.25, 0.3) is 53.2 Å². The minimum atomic E-state index is -0.337. The van der Waals surface area contributed by atoms with Crippen LogP contribution in [-0.2, 0) is 30.3 Å². The number of hydrogen-bond acceptors (Lipinski definition) is 5. The van der Waals surface area contributed by atoms with Crippen molar-refractivity contribution in [3.05, 3.63) is 90.5 Å². The monoisotopic (exact) mass is 839 g/mol. The van der Waals surface area contributed by atoms with Gasteiger partial charge in [-0.2, -0.15) is 0 Å². The maximum atomic E-state index is 12.2. The molecule has 0 fully saturated rings. The molecule has 255 valence electrons. The standard InChI is InChI=1S/C27H20NOS.C15H28O2.Ir/c1-27(2,3)22-15-17(14-16-6-4-5-7-18(16)22)24-26-20(10-12-28-24)19-8-9-23-21(11-13-29-23)25(19)30-26;1-7-14(5,8-2)12(16)11-13(17)15(6,9-3)10-4;/h4-13,15H,1-3H3;11,16H,7-10H2,1-6H3;/q-1;;/b;12-11-;. The molecule has 0 atom stereocenters. The average Bonchev–Trinajstić information content (AvgIpc) is 3.71. The first kappa shape index (κ1) is 37.5. The van der Waals surface area contributed by atoms with Gasteiger partial charge in [-0.05, 0) is 60.7 Å². The van der Waals surface area contributed by atoms with Gasteiger partial charge in [0.2, 0.25) is 0 Å². The SMILES string of the molecule is CC(C)(C)c1cc(-c2nccc3c2sc2c4ccoc4ccc32)[c-]c2ccccc12.CCC(C)(CC)C(=O)/C=C(\O)C(C)(CC)CC.[Ir]. The molecular formula is C42H48IrNO3S-. The topological polar surface area (TPSA) is 63.3 Å². The first-order valence-corrected chi connectivity index (χ1v) is 17.7. The summed E-state index contributed by atoms with van der Waals surface area (Å²) in [6.07, 6.45) is 8.44. The van der Waals surface area contributed by atoms with E-state index in [9.17, 15) is 9.90 Å². The van der Waals surface area contributed by atoms with Crippen molar-refractivity contribution in [2.24, 2.45) is 10.8 Å². The molecule has 3 aromatic carbocycles. The molecule has 48 heavy (non-hydrogen) atoms. The van der Waals surface area contributed by atoms with Gasteiger partial charge in [0.15, 0.2) is 5.78 Å². The number of aliphatic hydroxyl groups excluding tert-OH is 1. The maximum absolute atomic E-state index is 12.2. The number of rotatable bonds is 8. The fourth-order valence-electron chi connectivity index (χ4n) is 6.06. The van der Waals surface area contributed by atoms with Crippen LogP contribution in [0.15, 0.2) is 83.3 Å². The van der Waals surface area contributed by atoms with Crippen molar-refractivity contribution >= 4 is 59.0 Å². The van der Waals surface area contributed by atoms with Gasteiger partial charge in [-0.15, -0.1) is 40.5 Å². The fraction of sp³-hybridized carbons (Fsp3) is 0.381. The third-order valence-electron chi connectivity index (χ3n) is 10.4. The van der Waals surface area contributed by atoms with Crippen LogP contribution in [-0.4, -0.2) is 15.9 Å². The number of thiophene rings is 1. The van der Waals surface area contributed by atoms with E-state index >= 15 is 0 Å². The molecule has 0 spiro atoms. The van der Waals surface area contributed by atoms with Crippen molar-refractivity contribution in [1.82, 2.24) is 4.98 Å². The van der Waals surface area contributed by atoms with E-state index in [1.54, 1.807) is 17.6 Å². The molecule has 0 aliphatic carbocycles. The van der Waals surface area contributed by atoms with Gasteiger partial charge in [0.1, 0.15) is 11.3 Å². The summed E-state index contributed by atoms with van der Waals surface area (Å²) >= 11 is 1.79. The molecular weight excluding hydrogens is 791 g/mol. The summed E-state index contributed by atoms with van der Waals surface area (Å²) in [5, 5.41) is 16.2. The van der Waals surface area contributed by atoms with Crippen LogP contribution < -0.4 is 0 Å². The number of benzene rings is 3. The number of carbonyl (C=O) groups is 1. The Labute approximate surface area is 303 Å². The molecule has 0 saturated carbocycles. The number of hydrogen-bond donors (Lipinski definition) is 1. The molecule has 3 heterocycles. The Bertz CT molecular complexity index is 2090. The molecule has 6 aromatic rings. The van der Waals surface area contributed by atoms with Crippen molar-refractivity contribution in [3.63, 3.8) is 0 Å². The van der Waals surface area contributed by atoms with E-state index in [-0.39, 0.29) is 47.9 Å².